The Labute approximate surface area is 145 Å². The summed E-state index contributed by atoms with van der Waals surface area (Å²) in [6.45, 7) is 7.66. The third-order valence-electron chi connectivity index (χ3n) is 4.15. The summed E-state index contributed by atoms with van der Waals surface area (Å²) >= 11 is 0. The van der Waals surface area contributed by atoms with Crippen molar-refractivity contribution in [2.75, 3.05) is 19.6 Å². The normalized spacial score (nSPS) is 11.8. The van der Waals surface area contributed by atoms with Gasteiger partial charge in [-0.15, -0.1) is 0 Å². The Morgan fingerprint density at radius 3 is 2.08 bits per heavy atom. The van der Waals surface area contributed by atoms with E-state index in [1.54, 1.807) is 12.1 Å². The largest absolute Gasteiger partial charge is 0.304 e. The summed E-state index contributed by atoms with van der Waals surface area (Å²) < 4.78 is 27.4. The molecule has 0 fully saturated rings. The Bertz CT molecular complexity index is 709. The van der Waals surface area contributed by atoms with Crippen LogP contribution in [0.25, 0.3) is 0 Å². The lowest BCUT2D eigenvalue weighted by molar-refractivity contribution is 0.308. The predicted molar refractivity (Wildman–Crippen MR) is 98.4 cm³/mol. The minimum Gasteiger partial charge on any atom is -0.304 e. The molecule has 0 bridgehead atoms. The van der Waals surface area contributed by atoms with Crippen LogP contribution in [0.4, 0.5) is 0 Å². The molecule has 0 radical (unpaired) electrons. The number of nitrogens with zero attached hydrogens (tertiary/aromatic N) is 1. The second-order valence-corrected chi connectivity index (χ2v) is 7.50. The fraction of sp³-hybridized carbons (Fsp3) is 0.368. The van der Waals surface area contributed by atoms with E-state index in [1.165, 1.54) is 0 Å². The molecule has 0 atom stereocenters. The monoisotopic (exact) mass is 346 g/mol. The second kappa shape index (κ2) is 8.97. The highest BCUT2D eigenvalue weighted by molar-refractivity contribution is 7.89. The molecular weight excluding hydrogens is 320 g/mol. The summed E-state index contributed by atoms with van der Waals surface area (Å²) in [6, 6.07) is 16.7. The first-order chi connectivity index (χ1) is 11.5. The number of nitrogens with one attached hydrogen (secondary N) is 1. The molecular formula is C19H26N2O2S. The lowest BCUT2D eigenvalue weighted by atomic mass is 10.1. The van der Waals surface area contributed by atoms with Crippen LogP contribution in [0.5, 0.6) is 0 Å². The van der Waals surface area contributed by atoms with Gasteiger partial charge >= 0.3 is 0 Å². The van der Waals surface area contributed by atoms with Gasteiger partial charge in [0, 0.05) is 13.1 Å². The number of likely N-dealkylation sites (N-methyl/N-ethyl adjacent to an activating group) is 1. The SMILES string of the molecule is CCN(CC)CCc1ccc(S(=O)(=O)NCc2ccccc2)cc1. The first kappa shape index (κ1) is 18.6. The predicted octanol–water partition coefficient (Wildman–Crippen LogP) is 3.05. The van der Waals surface area contributed by atoms with Gasteiger partial charge in [0.1, 0.15) is 0 Å². The van der Waals surface area contributed by atoms with Gasteiger partial charge in [-0.25, -0.2) is 13.1 Å². The first-order valence-corrected chi connectivity index (χ1v) is 9.88. The standard InChI is InChI=1S/C19H26N2O2S/c1-3-21(4-2)15-14-17-10-12-19(13-11-17)24(22,23)20-16-18-8-6-5-7-9-18/h5-13,20H,3-4,14-16H2,1-2H3. The average molecular weight is 346 g/mol. The van der Waals surface area contributed by atoms with Crippen molar-refractivity contribution in [1.29, 1.82) is 0 Å². The van der Waals surface area contributed by atoms with E-state index in [0.29, 0.717) is 11.4 Å². The Kier molecular flexibility index (Phi) is 6.97. The van der Waals surface area contributed by atoms with Gasteiger partial charge in [0.05, 0.1) is 4.90 Å². The van der Waals surface area contributed by atoms with Crippen LogP contribution in [0.3, 0.4) is 0 Å². The molecule has 2 aromatic rings. The van der Waals surface area contributed by atoms with Crippen LogP contribution in [-0.4, -0.2) is 33.0 Å². The summed E-state index contributed by atoms with van der Waals surface area (Å²) in [7, 11) is -3.48. The molecule has 2 aromatic carbocycles. The molecule has 0 heterocycles. The molecule has 0 amide bonds. The molecule has 130 valence electrons. The lowest BCUT2D eigenvalue weighted by Gasteiger charge is -2.17. The van der Waals surface area contributed by atoms with E-state index in [1.807, 2.05) is 42.5 Å². The first-order valence-electron chi connectivity index (χ1n) is 8.40. The Morgan fingerprint density at radius 2 is 1.50 bits per heavy atom. The zero-order valence-electron chi connectivity index (χ0n) is 14.4. The van der Waals surface area contributed by atoms with E-state index in [-0.39, 0.29) is 0 Å². The highest BCUT2D eigenvalue weighted by Gasteiger charge is 2.13. The van der Waals surface area contributed by atoms with Crippen molar-refractivity contribution in [2.45, 2.75) is 31.7 Å². The number of hydrogen-bond donors (Lipinski definition) is 1. The number of hydrogen-bond acceptors (Lipinski definition) is 3. The smallest absolute Gasteiger partial charge is 0.240 e. The van der Waals surface area contributed by atoms with Gasteiger partial charge in [0.15, 0.2) is 0 Å². The quantitative estimate of drug-likeness (QED) is 0.759. The Balaban J connectivity index is 1.95. The maximum absolute atomic E-state index is 12.4. The summed E-state index contributed by atoms with van der Waals surface area (Å²) in [5.74, 6) is 0. The van der Waals surface area contributed by atoms with E-state index >= 15 is 0 Å². The number of rotatable bonds is 9. The highest BCUT2D eigenvalue weighted by Crippen LogP contribution is 2.12. The van der Waals surface area contributed by atoms with E-state index in [9.17, 15) is 8.42 Å². The van der Waals surface area contributed by atoms with Gasteiger partial charge in [-0.2, -0.15) is 0 Å². The van der Waals surface area contributed by atoms with E-state index in [4.69, 9.17) is 0 Å². The van der Waals surface area contributed by atoms with Crippen molar-refractivity contribution in [2.24, 2.45) is 0 Å². The molecule has 0 unspecified atom stereocenters. The number of sulfonamides is 1. The van der Waals surface area contributed by atoms with Gasteiger partial charge < -0.3 is 4.90 Å². The molecule has 0 aliphatic heterocycles. The van der Waals surface area contributed by atoms with Gasteiger partial charge in [-0.3, -0.25) is 0 Å². The summed E-state index contributed by atoms with van der Waals surface area (Å²) in [5, 5.41) is 0. The van der Waals surface area contributed by atoms with Crippen molar-refractivity contribution in [1.82, 2.24) is 9.62 Å². The molecule has 0 aliphatic carbocycles. The maximum Gasteiger partial charge on any atom is 0.240 e. The van der Waals surface area contributed by atoms with Crippen LogP contribution in [-0.2, 0) is 23.0 Å². The lowest BCUT2D eigenvalue weighted by Crippen LogP contribution is -2.25. The molecule has 5 heteroatoms. The molecule has 2 rings (SSSR count). The molecule has 0 spiro atoms. The van der Waals surface area contributed by atoms with Gasteiger partial charge in [-0.05, 0) is 42.8 Å². The third kappa shape index (κ3) is 5.44. The van der Waals surface area contributed by atoms with E-state index < -0.39 is 10.0 Å². The Morgan fingerprint density at radius 1 is 0.875 bits per heavy atom. The van der Waals surface area contributed by atoms with Gasteiger partial charge in [-0.1, -0.05) is 56.3 Å². The summed E-state index contributed by atoms with van der Waals surface area (Å²) in [4.78, 5) is 2.66. The van der Waals surface area contributed by atoms with E-state index in [2.05, 4.69) is 23.5 Å². The van der Waals surface area contributed by atoms with Crippen LogP contribution in [0.15, 0.2) is 59.5 Å². The van der Waals surface area contributed by atoms with Crippen LogP contribution in [0.2, 0.25) is 0 Å². The maximum atomic E-state index is 12.4. The molecule has 0 saturated carbocycles. The van der Waals surface area contributed by atoms with Crippen molar-refractivity contribution in [3.63, 3.8) is 0 Å². The molecule has 24 heavy (non-hydrogen) atoms. The average Bonchev–Trinajstić information content (AvgIpc) is 2.62. The van der Waals surface area contributed by atoms with Crippen molar-refractivity contribution >= 4 is 10.0 Å². The van der Waals surface area contributed by atoms with Crippen molar-refractivity contribution in [3.8, 4) is 0 Å². The molecule has 0 saturated heterocycles. The summed E-state index contributed by atoms with van der Waals surface area (Å²) in [6.07, 6.45) is 0.930. The zero-order chi connectivity index (χ0) is 17.4. The van der Waals surface area contributed by atoms with E-state index in [0.717, 1.165) is 37.2 Å². The third-order valence-corrected chi connectivity index (χ3v) is 5.57. The minimum absolute atomic E-state index is 0.298. The molecule has 0 aliphatic rings. The van der Waals surface area contributed by atoms with Gasteiger partial charge in [0.25, 0.3) is 0 Å². The van der Waals surface area contributed by atoms with Crippen LogP contribution in [0, 0.1) is 0 Å². The fourth-order valence-corrected chi connectivity index (χ4v) is 3.54. The van der Waals surface area contributed by atoms with Crippen LogP contribution >= 0.6 is 0 Å². The second-order valence-electron chi connectivity index (χ2n) is 5.73. The zero-order valence-corrected chi connectivity index (χ0v) is 15.2. The summed E-state index contributed by atoms with van der Waals surface area (Å²) in [5.41, 5.74) is 2.10. The molecule has 4 nitrogen and oxygen atoms in total. The topological polar surface area (TPSA) is 49.4 Å². The van der Waals surface area contributed by atoms with Crippen LogP contribution < -0.4 is 4.72 Å². The minimum atomic E-state index is -3.48. The van der Waals surface area contributed by atoms with Gasteiger partial charge in [0.2, 0.25) is 10.0 Å². The molecule has 0 aromatic heterocycles. The Hall–Kier alpha value is -1.69. The number of benzene rings is 2. The van der Waals surface area contributed by atoms with Crippen molar-refractivity contribution < 1.29 is 8.42 Å². The highest BCUT2D eigenvalue weighted by atomic mass is 32.2. The molecule has 1 N–H and O–H groups in total. The fourth-order valence-electron chi connectivity index (χ4n) is 2.52. The van der Waals surface area contributed by atoms with Crippen LogP contribution in [0.1, 0.15) is 25.0 Å². The van der Waals surface area contributed by atoms with Crippen molar-refractivity contribution in [3.05, 3.63) is 65.7 Å².